The van der Waals surface area contributed by atoms with Crippen molar-refractivity contribution in [3.05, 3.63) is 29.1 Å². The number of hydrogen-bond acceptors (Lipinski definition) is 6. The van der Waals surface area contributed by atoms with Gasteiger partial charge in [0, 0.05) is 31.2 Å². The second-order valence-electron chi connectivity index (χ2n) is 5.95. The molecule has 3 rings (SSSR count). The lowest BCUT2D eigenvalue weighted by Crippen LogP contribution is -2.52. The molecule has 1 aliphatic heterocycles. The number of carbonyl (C=O) groups is 2. The van der Waals surface area contributed by atoms with Crippen molar-refractivity contribution in [2.24, 2.45) is 0 Å². The van der Waals surface area contributed by atoms with Gasteiger partial charge in [-0.2, -0.15) is 0 Å². The van der Waals surface area contributed by atoms with E-state index in [4.69, 9.17) is 20.8 Å². The van der Waals surface area contributed by atoms with Crippen molar-refractivity contribution in [1.82, 2.24) is 20.1 Å². The zero-order chi connectivity index (χ0) is 18.5. The van der Waals surface area contributed by atoms with Crippen LogP contribution in [-0.4, -0.2) is 66.1 Å². The molecule has 0 unspecified atom stereocenters. The number of fused-ring (bicyclic) bond motifs is 1. The number of esters is 1. The highest BCUT2D eigenvalue weighted by atomic mass is 35.5. The van der Waals surface area contributed by atoms with Crippen molar-refractivity contribution >= 4 is 34.7 Å². The Kier molecular flexibility index (Phi) is 5.95. The van der Waals surface area contributed by atoms with Crippen LogP contribution in [0.4, 0.5) is 4.79 Å². The van der Waals surface area contributed by atoms with Crippen molar-refractivity contribution < 1.29 is 18.7 Å². The number of oxazole rings is 1. The van der Waals surface area contributed by atoms with Gasteiger partial charge in [-0.05, 0) is 25.1 Å². The second kappa shape index (κ2) is 8.37. The van der Waals surface area contributed by atoms with E-state index in [0.717, 1.165) is 5.52 Å². The summed E-state index contributed by atoms with van der Waals surface area (Å²) < 4.78 is 10.5. The summed E-state index contributed by atoms with van der Waals surface area (Å²) in [6.45, 7) is 5.03. The molecule has 1 aromatic heterocycles. The molecule has 0 saturated carbocycles. The van der Waals surface area contributed by atoms with E-state index in [0.29, 0.717) is 55.8 Å². The van der Waals surface area contributed by atoms with E-state index in [2.05, 4.69) is 15.2 Å². The van der Waals surface area contributed by atoms with E-state index >= 15 is 0 Å². The standard InChI is InChI=1S/C17H21ClN4O4/c1-2-25-16(23)10-19-17(24)22-7-5-21(6-8-22)11-15-20-13-9-12(18)3-4-14(13)26-15/h3-4,9H,2,5-8,10-11H2,1H3,(H,19,24). The number of nitrogens with zero attached hydrogens (tertiary/aromatic N) is 3. The molecule has 1 saturated heterocycles. The highest BCUT2D eigenvalue weighted by Gasteiger charge is 2.22. The largest absolute Gasteiger partial charge is 0.465 e. The molecule has 1 aromatic carbocycles. The number of nitrogens with one attached hydrogen (secondary N) is 1. The maximum absolute atomic E-state index is 12.1. The third-order valence-corrected chi connectivity index (χ3v) is 4.34. The van der Waals surface area contributed by atoms with Crippen molar-refractivity contribution in [2.45, 2.75) is 13.5 Å². The molecule has 140 valence electrons. The van der Waals surface area contributed by atoms with Gasteiger partial charge in [0.25, 0.3) is 0 Å². The molecule has 1 fully saturated rings. The molecule has 1 aliphatic rings. The number of aromatic nitrogens is 1. The first-order valence-corrected chi connectivity index (χ1v) is 8.88. The van der Waals surface area contributed by atoms with Gasteiger partial charge in [0.2, 0.25) is 5.89 Å². The molecule has 8 nitrogen and oxygen atoms in total. The van der Waals surface area contributed by atoms with Crippen LogP contribution in [0.2, 0.25) is 5.02 Å². The summed E-state index contributed by atoms with van der Waals surface area (Å²) in [5.74, 6) is 0.193. The van der Waals surface area contributed by atoms with Gasteiger partial charge in [-0.3, -0.25) is 9.69 Å². The molecule has 0 atom stereocenters. The van der Waals surface area contributed by atoms with Gasteiger partial charge in [-0.1, -0.05) is 11.6 Å². The first-order chi connectivity index (χ1) is 12.5. The quantitative estimate of drug-likeness (QED) is 0.797. The number of ether oxygens (including phenoxy) is 1. The highest BCUT2D eigenvalue weighted by molar-refractivity contribution is 6.31. The Balaban J connectivity index is 1.47. The molecular formula is C17H21ClN4O4. The monoisotopic (exact) mass is 380 g/mol. The van der Waals surface area contributed by atoms with Gasteiger partial charge in [0.1, 0.15) is 12.1 Å². The van der Waals surface area contributed by atoms with E-state index < -0.39 is 5.97 Å². The third kappa shape index (κ3) is 4.64. The van der Waals surface area contributed by atoms with E-state index in [9.17, 15) is 9.59 Å². The normalized spacial score (nSPS) is 15.2. The molecule has 2 heterocycles. The summed E-state index contributed by atoms with van der Waals surface area (Å²) in [7, 11) is 0. The Morgan fingerprint density at radius 3 is 2.81 bits per heavy atom. The molecule has 2 amide bonds. The van der Waals surface area contributed by atoms with Crippen LogP contribution in [0.5, 0.6) is 0 Å². The topological polar surface area (TPSA) is 87.9 Å². The number of benzene rings is 1. The zero-order valence-electron chi connectivity index (χ0n) is 14.5. The summed E-state index contributed by atoms with van der Waals surface area (Å²) >= 11 is 5.96. The fourth-order valence-electron chi connectivity index (χ4n) is 2.79. The lowest BCUT2D eigenvalue weighted by atomic mass is 10.3. The Morgan fingerprint density at radius 1 is 1.31 bits per heavy atom. The van der Waals surface area contributed by atoms with Crippen molar-refractivity contribution in [3.8, 4) is 0 Å². The molecular weight excluding hydrogens is 360 g/mol. The summed E-state index contributed by atoms with van der Waals surface area (Å²) in [5, 5.41) is 3.20. The molecule has 0 bridgehead atoms. The second-order valence-corrected chi connectivity index (χ2v) is 6.38. The minimum Gasteiger partial charge on any atom is -0.465 e. The summed E-state index contributed by atoms with van der Waals surface area (Å²) in [5.41, 5.74) is 1.45. The van der Waals surface area contributed by atoms with Gasteiger partial charge < -0.3 is 19.4 Å². The fourth-order valence-corrected chi connectivity index (χ4v) is 2.95. The molecule has 0 aliphatic carbocycles. The Hall–Kier alpha value is -2.32. The van der Waals surface area contributed by atoms with Gasteiger partial charge >= 0.3 is 12.0 Å². The predicted octanol–water partition coefficient (Wildman–Crippen LogP) is 1.87. The third-order valence-electron chi connectivity index (χ3n) is 4.10. The van der Waals surface area contributed by atoms with Crippen molar-refractivity contribution in [1.29, 1.82) is 0 Å². The molecule has 9 heteroatoms. The number of halogens is 1. The van der Waals surface area contributed by atoms with Crippen LogP contribution >= 0.6 is 11.6 Å². The highest BCUT2D eigenvalue weighted by Crippen LogP contribution is 2.21. The number of hydrogen-bond donors (Lipinski definition) is 1. The number of rotatable bonds is 5. The summed E-state index contributed by atoms with van der Waals surface area (Å²) in [6, 6.07) is 5.09. The average Bonchev–Trinajstić information content (AvgIpc) is 3.02. The van der Waals surface area contributed by atoms with Gasteiger partial charge in [-0.25, -0.2) is 9.78 Å². The van der Waals surface area contributed by atoms with E-state index in [1.54, 1.807) is 30.0 Å². The summed E-state index contributed by atoms with van der Waals surface area (Å²) in [6.07, 6.45) is 0. The summed E-state index contributed by atoms with van der Waals surface area (Å²) in [4.78, 5) is 31.7. The maximum Gasteiger partial charge on any atom is 0.325 e. The van der Waals surface area contributed by atoms with Crippen LogP contribution < -0.4 is 5.32 Å². The van der Waals surface area contributed by atoms with Gasteiger partial charge in [-0.15, -0.1) is 0 Å². The lowest BCUT2D eigenvalue weighted by Gasteiger charge is -2.33. The van der Waals surface area contributed by atoms with Crippen molar-refractivity contribution in [2.75, 3.05) is 39.3 Å². The lowest BCUT2D eigenvalue weighted by molar-refractivity contribution is -0.141. The van der Waals surface area contributed by atoms with Crippen molar-refractivity contribution in [3.63, 3.8) is 0 Å². The van der Waals surface area contributed by atoms with Gasteiger partial charge in [0.05, 0.1) is 13.2 Å². The number of amides is 2. The Morgan fingerprint density at radius 2 is 2.08 bits per heavy atom. The molecule has 2 aromatic rings. The minimum absolute atomic E-state index is 0.113. The predicted molar refractivity (Wildman–Crippen MR) is 95.9 cm³/mol. The fraction of sp³-hybridized carbons (Fsp3) is 0.471. The Bertz CT molecular complexity index is 786. The van der Waals surface area contributed by atoms with Gasteiger partial charge in [0.15, 0.2) is 5.58 Å². The van der Waals surface area contributed by atoms with Crippen LogP contribution in [0.25, 0.3) is 11.1 Å². The van der Waals surface area contributed by atoms with Crippen LogP contribution in [0.15, 0.2) is 22.6 Å². The van der Waals surface area contributed by atoms with Crippen LogP contribution in [0, 0.1) is 0 Å². The number of piperazine rings is 1. The first-order valence-electron chi connectivity index (χ1n) is 8.51. The maximum atomic E-state index is 12.1. The molecule has 0 radical (unpaired) electrons. The van der Waals surface area contributed by atoms with E-state index in [1.807, 2.05) is 0 Å². The molecule has 1 N–H and O–H groups in total. The van der Waals surface area contributed by atoms with E-state index in [-0.39, 0.29) is 12.6 Å². The zero-order valence-corrected chi connectivity index (χ0v) is 15.3. The van der Waals surface area contributed by atoms with E-state index in [1.165, 1.54) is 0 Å². The average molecular weight is 381 g/mol. The first kappa shape index (κ1) is 18.5. The number of urea groups is 1. The number of carbonyl (C=O) groups excluding carboxylic acids is 2. The van der Waals surface area contributed by atoms with Crippen LogP contribution in [-0.2, 0) is 16.1 Å². The molecule has 0 spiro atoms. The van der Waals surface area contributed by atoms with Crippen LogP contribution in [0.1, 0.15) is 12.8 Å². The smallest absolute Gasteiger partial charge is 0.325 e. The van der Waals surface area contributed by atoms with Crippen LogP contribution in [0.3, 0.4) is 0 Å². The molecule has 26 heavy (non-hydrogen) atoms. The SMILES string of the molecule is CCOC(=O)CNC(=O)N1CCN(Cc2nc3cc(Cl)ccc3o2)CC1. The Labute approximate surface area is 156 Å². The minimum atomic E-state index is -0.435.